The summed E-state index contributed by atoms with van der Waals surface area (Å²) in [5, 5.41) is 13.9. The van der Waals surface area contributed by atoms with Crippen molar-refractivity contribution in [1.82, 2.24) is 15.1 Å². The van der Waals surface area contributed by atoms with E-state index in [2.05, 4.69) is 5.32 Å². The Hall–Kier alpha value is -4.80. The van der Waals surface area contributed by atoms with Crippen molar-refractivity contribution in [1.29, 1.82) is 0 Å². The molecule has 2 heterocycles. The van der Waals surface area contributed by atoms with E-state index in [1.807, 2.05) is 6.07 Å². The van der Waals surface area contributed by atoms with Gasteiger partial charge in [0.05, 0.1) is 11.6 Å². The van der Waals surface area contributed by atoms with Crippen LogP contribution >= 0.6 is 0 Å². The smallest absolute Gasteiger partial charge is 0.416 e. The number of aliphatic hydroxyl groups excluding tert-OH is 1. The predicted octanol–water partition coefficient (Wildman–Crippen LogP) is 5.08. The Kier molecular flexibility index (Phi) is 7.93. The Balaban J connectivity index is 1.40. The van der Waals surface area contributed by atoms with Crippen molar-refractivity contribution in [3.63, 3.8) is 0 Å². The summed E-state index contributed by atoms with van der Waals surface area (Å²) in [4.78, 5) is 42.2. The number of alkyl halides is 3. The molecule has 3 amide bonds. The van der Waals surface area contributed by atoms with Gasteiger partial charge in [-0.3, -0.25) is 14.5 Å². The third-order valence-corrected chi connectivity index (χ3v) is 7.44. The van der Waals surface area contributed by atoms with Crippen molar-refractivity contribution in [3.8, 4) is 0 Å². The Morgan fingerprint density at radius 1 is 1.05 bits per heavy atom. The summed E-state index contributed by atoms with van der Waals surface area (Å²) in [7, 11) is 0. The summed E-state index contributed by atoms with van der Waals surface area (Å²) in [6, 6.07) is 18.5. The van der Waals surface area contributed by atoms with Gasteiger partial charge in [-0.05, 0) is 41.8 Å². The lowest BCUT2D eigenvalue weighted by atomic mass is 9.87. The number of hydrogen-bond acceptors (Lipinski definition) is 5. The number of cyclic esters (lactones) is 1. The fraction of sp³-hybridized carbons (Fsp3) is 0.258. The number of nitrogens with one attached hydrogen (secondary N) is 1. The van der Waals surface area contributed by atoms with Crippen molar-refractivity contribution >= 4 is 24.0 Å². The minimum atomic E-state index is -4.53. The summed E-state index contributed by atoms with van der Waals surface area (Å²) in [6.07, 6.45) is -3.79. The van der Waals surface area contributed by atoms with Crippen LogP contribution in [-0.4, -0.2) is 57.5 Å². The normalized spacial score (nSPS) is 21.5. The maximum atomic E-state index is 13.6. The van der Waals surface area contributed by atoms with Crippen LogP contribution in [-0.2, 0) is 27.0 Å². The molecule has 5 rings (SSSR count). The molecule has 2 N–H and O–H groups in total. The molecule has 42 heavy (non-hydrogen) atoms. The molecule has 2 aliphatic rings. The van der Waals surface area contributed by atoms with Gasteiger partial charge in [-0.15, -0.1) is 0 Å². The largest absolute Gasteiger partial charge is 0.510 e. The molecule has 0 radical (unpaired) electrons. The van der Waals surface area contributed by atoms with Crippen molar-refractivity contribution < 1.29 is 37.4 Å². The highest BCUT2D eigenvalue weighted by Crippen LogP contribution is 2.40. The van der Waals surface area contributed by atoms with Crippen LogP contribution in [0.25, 0.3) is 6.08 Å². The fourth-order valence-corrected chi connectivity index (χ4v) is 5.30. The zero-order valence-corrected chi connectivity index (χ0v) is 22.5. The maximum Gasteiger partial charge on any atom is 0.416 e. The average molecular weight is 580 g/mol. The SMILES string of the molecule is C[C@@H](C(=O)NCc1cccc(C(F)(F)F)c1)N1C(=O)[C@@H](N2C(=O)OC[C@@H]2c2ccccc2)[C@H]1/C(O)=C\c1ccccc1. The number of halogens is 3. The van der Waals surface area contributed by atoms with Crippen LogP contribution < -0.4 is 5.32 Å². The van der Waals surface area contributed by atoms with Crippen molar-refractivity contribution in [3.05, 3.63) is 113 Å². The van der Waals surface area contributed by atoms with Gasteiger partial charge in [0.2, 0.25) is 11.8 Å². The first kappa shape index (κ1) is 28.7. The molecule has 8 nitrogen and oxygen atoms in total. The molecule has 2 fully saturated rings. The first-order chi connectivity index (χ1) is 20.1. The Morgan fingerprint density at radius 3 is 2.38 bits per heavy atom. The van der Waals surface area contributed by atoms with Crippen LogP contribution in [0.15, 0.2) is 90.7 Å². The monoisotopic (exact) mass is 579 g/mol. The highest BCUT2D eigenvalue weighted by atomic mass is 19.4. The molecule has 4 atom stereocenters. The number of carbonyl (C=O) groups excluding carboxylic acids is 3. The third-order valence-electron chi connectivity index (χ3n) is 7.44. The second-order valence-corrected chi connectivity index (χ2v) is 10.1. The second-order valence-electron chi connectivity index (χ2n) is 10.1. The van der Waals surface area contributed by atoms with E-state index in [0.717, 1.165) is 17.7 Å². The lowest BCUT2D eigenvalue weighted by molar-refractivity contribution is -0.164. The van der Waals surface area contributed by atoms with E-state index in [1.165, 1.54) is 34.9 Å². The van der Waals surface area contributed by atoms with Crippen LogP contribution in [0.1, 0.15) is 35.2 Å². The summed E-state index contributed by atoms with van der Waals surface area (Å²) in [5.41, 5.74) is 0.765. The van der Waals surface area contributed by atoms with E-state index < -0.39 is 53.8 Å². The van der Waals surface area contributed by atoms with E-state index >= 15 is 0 Å². The lowest BCUT2D eigenvalue weighted by Crippen LogP contribution is -2.74. The van der Waals surface area contributed by atoms with Crippen LogP contribution in [0.4, 0.5) is 18.0 Å². The highest BCUT2D eigenvalue weighted by Gasteiger charge is 2.59. The number of ether oxygens (including phenoxy) is 1. The van der Waals surface area contributed by atoms with Gasteiger partial charge in [-0.25, -0.2) is 4.79 Å². The third kappa shape index (κ3) is 5.67. The maximum absolute atomic E-state index is 13.6. The summed E-state index contributed by atoms with van der Waals surface area (Å²) >= 11 is 0. The van der Waals surface area contributed by atoms with Gasteiger partial charge in [0.25, 0.3) is 0 Å². The van der Waals surface area contributed by atoms with Crippen LogP contribution in [0.3, 0.4) is 0 Å². The number of β-lactam (4-membered cyclic amide) rings is 1. The van der Waals surface area contributed by atoms with Crippen molar-refractivity contribution in [2.24, 2.45) is 0 Å². The zero-order chi connectivity index (χ0) is 30.0. The van der Waals surface area contributed by atoms with Crippen molar-refractivity contribution in [2.75, 3.05) is 6.61 Å². The van der Waals surface area contributed by atoms with E-state index in [1.54, 1.807) is 54.6 Å². The number of likely N-dealkylation sites (tertiary alicyclic amines) is 1. The molecule has 0 saturated carbocycles. The minimum Gasteiger partial charge on any atom is -0.510 e. The minimum absolute atomic E-state index is 0.00946. The van der Waals surface area contributed by atoms with Gasteiger partial charge in [-0.1, -0.05) is 72.8 Å². The Bertz CT molecular complexity index is 1500. The van der Waals surface area contributed by atoms with E-state index in [-0.39, 0.29) is 24.5 Å². The van der Waals surface area contributed by atoms with E-state index in [9.17, 15) is 32.7 Å². The molecular formula is C31H28F3N3O5. The Morgan fingerprint density at radius 2 is 1.71 bits per heavy atom. The number of hydrogen-bond donors (Lipinski definition) is 2. The number of rotatable bonds is 8. The van der Waals surface area contributed by atoms with Crippen molar-refractivity contribution in [2.45, 2.75) is 43.8 Å². The van der Waals surface area contributed by atoms with E-state index in [0.29, 0.717) is 5.56 Å². The highest BCUT2D eigenvalue weighted by molar-refractivity contribution is 5.98. The van der Waals surface area contributed by atoms with Crippen LogP contribution in [0.2, 0.25) is 0 Å². The molecule has 2 aliphatic heterocycles. The number of aliphatic hydroxyl groups is 1. The van der Waals surface area contributed by atoms with Gasteiger partial charge in [0.15, 0.2) is 0 Å². The summed E-state index contributed by atoms with van der Waals surface area (Å²) < 4.78 is 44.6. The quantitative estimate of drug-likeness (QED) is 0.287. The van der Waals surface area contributed by atoms with Gasteiger partial charge in [-0.2, -0.15) is 13.2 Å². The number of nitrogens with zero attached hydrogens (tertiary/aromatic N) is 2. The molecule has 218 valence electrons. The predicted molar refractivity (Wildman–Crippen MR) is 147 cm³/mol. The molecule has 0 aromatic heterocycles. The molecule has 11 heteroatoms. The van der Waals surface area contributed by atoms with Crippen LogP contribution in [0.5, 0.6) is 0 Å². The zero-order valence-electron chi connectivity index (χ0n) is 22.5. The second kappa shape index (κ2) is 11.6. The van der Waals surface area contributed by atoms with Gasteiger partial charge >= 0.3 is 12.3 Å². The lowest BCUT2D eigenvalue weighted by Gasteiger charge is -2.52. The molecule has 0 bridgehead atoms. The molecule has 3 aromatic carbocycles. The molecule has 0 aliphatic carbocycles. The number of carbonyl (C=O) groups is 3. The first-order valence-electron chi connectivity index (χ1n) is 13.3. The molecular weight excluding hydrogens is 551 g/mol. The molecule has 0 unspecified atom stereocenters. The topological polar surface area (TPSA) is 99.2 Å². The fourth-order valence-electron chi connectivity index (χ4n) is 5.30. The molecule has 0 spiro atoms. The Labute approximate surface area is 240 Å². The number of amides is 3. The van der Waals surface area contributed by atoms with Gasteiger partial charge in [0.1, 0.15) is 30.5 Å². The first-order valence-corrected chi connectivity index (χ1v) is 13.3. The summed E-state index contributed by atoms with van der Waals surface area (Å²) in [5.74, 6) is -1.45. The van der Waals surface area contributed by atoms with Gasteiger partial charge in [0, 0.05) is 6.54 Å². The van der Waals surface area contributed by atoms with Gasteiger partial charge < -0.3 is 20.1 Å². The molecule has 3 aromatic rings. The molecule has 2 saturated heterocycles. The van der Waals surface area contributed by atoms with E-state index in [4.69, 9.17) is 4.74 Å². The standard InChI is InChI=1S/C31H28F3N3O5/c1-19(28(39)35-17-21-11-8-14-23(15-21)31(32,33)34)36-26(25(38)16-20-9-4-2-5-10-20)27(29(36)40)37-24(18-42-30(37)41)22-12-6-3-7-13-22/h2-16,19,24,26-27,38H,17-18H2,1H3,(H,35,39)/b25-16+/t19-,24+,26+,27-/m0/s1. The average Bonchev–Trinajstić information content (AvgIpc) is 3.35. The van der Waals surface area contributed by atoms with Crippen LogP contribution in [0, 0.1) is 0 Å². The summed E-state index contributed by atoms with van der Waals surface area (Å²) in [6.45, 7) is 1.26. The number of benzene rings is 3.